The van der Waals surface area contributed by atoms with E-state index in [-0.39, 0.29) is 49.6 Å². The second-order valence-corrected chi connectivity index (χ2v) is 12.2. The third kappa shape index (κ3) is 15.1. The van der Waals surface area contributed by atoms with Gasteiger partial charge in [-0.25, -0.2) is 0 Å². The van der Waals surface area contributed by atoms with Crippen LogP contribution in [0.5, 0.6) is 0 Å². The van der Waals surface area contributed by atoms with Crippen LogP contribution in [0.25, 0.3) is 0 Å². The fourth-order valence-corrected chi connectivity index (χ4v) is 4.07. The van der Waals surface area contributed by atoms with Crippen molar-refractivity contribution >= 4 is 17.9 Å². The van der Waals surface area contributed by atoms with Crippen LogP contribution in [0.3, 0.4) is 0 Å². The van der Waals surface area contributed by atoms with Gasteiger partial charge in [0.05, 0.1) is 19.6 Å². The van der Waals surface area contributed by atoms with E-state index >= 15 is 0 Å². The molecule has 1 aliphatic rings. The number of nitrogens with zero attached hydrogens (tertiary/aromatic N) is 1. The maximum absolute atomic E-state index is 12.7. The summed E-state index contributed by atoms with van der Waals surface area (Å²) in [4.78, 5) is 39.1. The highest BCUT2D eigenvalue weighted by Gasteiger charge is 2.32. The first kappa shape index (κ1) is 31.3. The molecule has 0 amide bonds. The lowest BCUT2D eigenvalue weighted by atomic mass is 9.89. The van der Waals surface area contributed by atoms with Crippen LogP contribution in [0.15, 0.2) is 0 Å². The Morgan fingerprint density at radius 1 is 0.743 bits per heavy atom. The molecule has 0 aromatic carbocycles. The maximum Gasteiger partial charge on any atom is 0.320 e. The monoisotopic (exact) mass is 499 g/mol. The minimum Gasteiger partial charge on any atom is -0.459 e. The lowest BCUT2D eigenvalue weighted by Gasteiger charge is -2.40. The van der Waals surface area contributed by atoms with Gasteiger partial charge in [-0.1, -0.05) is 12.8 Å². The Morgan fingerprint density at radius 2 is 1.23 bits per heavy atom. The van der Waals surface area contributed by atoms with E-state index in [2.05, 4.69) is 15.5 Å². The van der Waals surface area contributed by atoms with E-state index in [9.17, 15) is 14.4 Å². The van der Waals surface area contributed by atoms with Crippen LogP contribution in [0.2, 0.25) is 0 Å². The summed E-state index contributed by atoms with van der Waals surface area (Å²) in [5, 5.41) is 6.49. The number of hydrogen-bond acceptors (Lipinski definition) is 9. The van der Waals surface area contributed by atoms with E-state index in [4.69, 9.17) is 14.2 Å². The van der Waals surface area contributed by atoms with Crippen LogP contribution in [0, 0.1) is 0 Å². The van der Waals surface area contributed by atoms with Crippen molar-refractivity contribution in [2.45, 2.75) is 117 Å². The van der Waals surface area contributed by atoms with Gasteiger partial charge in [0, 0.05) is 25.2 Å². The topological polar surface area (TPSA) is 106 Å². The van der Waals surface area contributed by atoms with Crippen molar-refractivity contribution in [2.75, 3.05) is 32.7 Å². The van der Waals surface area contributed by atoms with Crippen LogP contribution >= 0.6 is 0 Å². The summed E-state index contributed by atoms with van der Waals surface area (Å²) in [6.45, 7) is 18.0. The first-order chi connectivity index (χ1) is 16.0. The third-order valence-corrected chi connectivity index (χ3v) is 5.14. The van der Waals surface area contributed by atoms with Crippen LogP contribution in [-0.2, 0) is 28.6 Å². The number of ether oxygens (including phenoxy) is 3. The second kappa shape index (κ2) is 13.6. The standard InChI is InChI=1S/C26H49N3O6/c1-24(2,3)33-21(30)16-27-14-15-29(18-23(32)35-26(7,8)9)20-13-11-10-12-19(20)28-17-22(31)34-25(4,5)6/h19-20,27-28H,10-18H2,1-9H3/t19-,20-/m0/s1. The predicted molar refractivity (Wildman–Crippen MR) is 136 cm³/mol. The number of esters is 3. The number of nitrogens with one attached hydrogen (secondary N) is 2. The molecule has 2 N–H and O–H groups in total. The molecule has 0 aromatic heterocycles. The van der Waals surface area contributed by atoms with Gasteiger partial charge >= 0.3 is 17.9 Å². The van der Waals surface area contributed by atoms with Crippen molar-refractivity contribution in [1.29, 1.82) is 0 Å². The summed E-state index contributed by atoms with van der Waals surface area (Å²) in [5.41, 5.74) is -1.64. The molecule has 0 saturated heterocycles. The summed E-state index contributed by atoms with van der Waals surface area (Å²) in [5.74, 6) is -0.897. The Hall–Kier alpha value is -1.71. The highest BCUT2D eigenvalue weighted by atomic mass is 16.6. The smallest absolute Gasteiger partial charge is 0.320 e. The highest BCUT2D eigenvalue weighted by Crippen LogP contribution is 2.24. The summed E-state index contributed by atoms with van der Waals surface area (Å²) in [7, 11) is 0. The molecular weight excluding hydrogens is 450 g/mol. The molecule has 9 nitrogen and oxygen atoms in total. The molecule has 0 heterocycles. The van der Waals surface area contributed by atoms with Crippen molar-refractivity contribution in [3.8, 4) is 0 Å². The average molecular weight is 500 g/mol. The Bertz CT molecular complexity index is 691. The molecule has 0 unspecified atom stereocenters. The molecule has 1 rings (SSSR count). The molecule has 0 aromatic rings. The van der Waals surface area contributed by atoms with Crippen molar-refractivity contribution < 1.29 is 28.6 Å². The van der Waals surface area contributed by atoms with Crippen molar-refractivity contribution in [2.24, 2.45) is 0 Å². The van der Waals surface area contributed by atoms with E-state index in [1.165, 1.54) is 0 Å². The number of carbonyl (C=O) groups excluding carboxylic acids is 3. The first-order valence-electron chi connectivity index (χ1n) is 12.8. The Kier molecular flexibility index (Phi) is 12.1. The first-order valence-corrected chi connectivity index (χ1v) is 12.8. The van der Waals surface area contributed by atoms with E-state index in [1.54, 1.807) is 0 Å². The zero-order chi connectivity index (χ0) is 26.9. The molecule has 35 heavy (non-hydrogen) atoms. The van der Waals surface area contributed by atoms with Crippen LogP contribution < -0.4 is 10.6 Å². The minimum absolute atomic E-state index is 0.0459. The molecule has 1 aliphatic carbocycles. The number of hydrogen-bond donors (Lipinski definition) is 2. The molecule has 0 bridgehead atoms. The van der Waals surface area contributed by atoms with E-state index in [0.29, 0.717) is 13.1 Å². The quantitative estimate of drug-likeness (QED) is 0.252. The Balaban J connectivity index is 2.80. The largest absolute Gasteiger partial charge is 0.459 e. The maximum atomic E-state index is 12.7. The molecule has 1 saturated carbocycles. The van der Waals surface area contributed by atoms with Gasteiger partial charge < -0.3 is 24.8 Å². The van der Waals surface area contributed by atoms with Gasteiger partial charge in [0.2, 0.25) is 0 Å². The molecule has 0 aliphatic heterocycles. The number of rotatable bonds is 11. The molecule has 0 spiro atoms. The molecule has 9 heteroatoms. The van der Waals surface area contributed by atoms with Crippen molar-refractivity contribution in [3.63, 3.8) is 0 Å². The van der Waals surface area contributed by atoms with E-state index in [1.807, 2.05) is 62.3 Å². The second-order valence-electron chi connectivity index (χ2n) is 12.2. The summed E-state index contributed by atoms with van der Waals surface area (Å²) < 4.78 is 16.4. The molecule has 2 atom stereocenters. The van der Waals surface area contributed by atoms with E-state index < -0.39 is 16.8 Å². The lowest BCUT2D eigenvalue weighted by molar-refractivity contribution is -0.158. The van der Waals surface area contributed by atoms with Crippen molar-refractivity contribution in [1.82, 2.24) is 15.5 Å². The molecule has 0 radical (unpaired) electrons. The van der Waals surface area contributed by atoms with Gasteiger partial charge in [-0.15, -0.1) is 0 Å². The average Bonchev–Trinajstić information content (AvgIpc) is 2.65. The zero-order valence-corrected chi connectivity index (χ0v) is 23.4. The van der Waals surface area contributed by atoms with Gasteiger partial charge in [-0.3, -0.25) is 19.3 Å². The van der Waals surface area contributed by atoms with Crippen LogP contribution in [0.4, 0.5) is 0 Å². The van der Waals surface area contributed by atoms with Gasteiger partial charge in [0.15, 0.2) is 0 Å². The van der Waals surface area contributed by atoms with Gasteiger partial charge in [0.1, 0.15) is 16.8 Å². The molecule has 1 fully saturated rings. The van der Waals surface area contributed by atoms with Crippen LogP contribution in [0.1, 0.15) is 88.0 Å². The lowest BCUT2D eigenvalue weighted by Crippen LogP contribution is -2.55. The Labute approximate surface area is 212 Å². The summed E-state index contributed by atoms with van der Waals surface area (Å²) in [6.07, 6.45) is 3.91. The van der Waals surface area contributed by atoms with Crippen molar-refractivity contribution in [3.05, 3.63) is 0 Å². The minimum atomic E-state index is -0.571. The SMILES string of the molecule is CC(C)(C)OC(=O)CNCCN(CC(=O)OC(C)(C)C)[C@H]1CCCC[C@@H]1NCC(=O)OC(C)(C)C. The highest BCUT2D eigenvalue weighted by molar-refractivity contribution is 5.73. The number of carbonyl (C=O) groups is 3. The van der Waals surface area contributed by atoms with Gasteiger partial charge in [0.25, 0.3) is 0 Å². The summed E-state index contributed by atoms with van der Waals surface area (Å²) >= 11 is 0. The van der Waals surface area contributed by atoms with Gasteiger partial charge in [-0.2, -0.15) is 0 Å². The zero-order valence-electron chi connectivity index (χ0n) is 23.4. The van der Waals surface area contributed by atoms with E-state index in [0.717, 1.165) is 25.7 Å². The third-order valence-electron chi connectivity index (χ3n) is 5.14. The molecular formula is C26H49N3O6. The fourth-order valence-electron chi connectivity index (χ4n) is 4.07. The fraction of sp³-hybridized carbons (Fsp3) is 0.885. The summed E-state index contributed by atoms with van der Waals surface area (Å²) in [6, 6.07) is 0.103. The molecule has 204 valence electrons. The Morgan fingerprint density at radius 3 is 1.77 bits per heavy atom. The normalized spacial score (nSPS) is 19.4. The predicted octanol–water partition coefficient (Wildman–Crippen LogP) is 2.80. The van der Waals surface area contributed by atoms with Crippen LogP contribution in [-0.4, -0.2) is 84.4 Å². The van der Waals surface area contributed by atoms with Gasteiger partial charge in [-0.05, 0) is 75.2 Å².